The first kappa shape index (κ1) is 14.6. The number of hydrogen-bond acceptors (Lipinski definition) is 5. The third-order valence-corrected chi connectivity index (χ3v) is 4.41. The van der Waals surface area contributed by atoms with Gasteiger partial charge in [-0.05, 0) is 24.6 Å². The molecule has 0 amide bonds. The number of nitrogens with zero attached hydrogens (tertiary/aromatic N) is 5. The van der Waals surface area contributed by atoms with Gasteiger partial charge in [-0.3, -0.25) is 9.48 Å². The first-order valence-electron chi connectivity index (χ1n) is 8.06. The Morgan fingerprint density at radius 1 is 1.12 bits per heavy atom. The van der Waals surface area contributed by atoms with Gasteiger partial charge in [0.05, 0.1) is 29.8 Å². The van der Waals surface area contributed by atoms with Crippen LogP contribution in [0.5, 0.6) is 0 Å². The molecule has 0 saturated heterocycles. The number of hydrogen-bond donors (Lipinski definition) is 1. The minimum Gasteiger partial charge on any atom is -0.441 e. The molecule has 4 aromatic heterocycles. The van der Waals surface area contributed by atoms with E-state index in [2.05, 4.69) is 20.2 Å². The van der Waals surface area contributed by atoms with Crippen LogP contribution in [0.25, 0.3) is 39.3 Å². The second-order valence-corrected chi connectivity index (χ2v) is 6.16. The van der Waals surface area contributed by atoms with Crippen LogP contribution >= 0.6 is 0 Å². The van der Waals surface area contributed by atoms with Crippen LogP contribution in [0.3, 0.4) is 0 Å². The molecule has 0 bridgehead atoms. The van der Waals surface area contributed by atoms with Crippen molar-refractivity contribution in [2.24, 2.45) is 7.05 Å². The molecule has 0 spiro atoms. The summed E-state index contributed by atoms with van der Waals surface area (Å²) in [6, 6.07) is 7.46. The summed E-state index contributed by atoms with van der Waals surface area (Å²) in [5.74, 6) is 1.12. The van der Waals surface area contributed by atoms with Crippen molar-refractivity contribution in [3.05, 3.63) is 59.0 Å². The van der Waals surface area contributed by atoms with Gasteiger partial charge in [0.15, 0.2) is 5.65 Å². The molecule has 0 saturated carbocycles. The zero-order valence-corrected chi connectivity index (χ0v) is 14.1. The third kappa shape index (κ3) is 2.08. The Kier molecular flexibility index (Phi) is 2.90. The Balaban J connectivity index is 1.73. The molecule has 1 N–H and O–H groups in total. The first-order valence-corrected chi connectivity index (χ1v) is 8.06. The zero-order valence-electron chi connectivity index (χ0n) is 14.1. The maximum atomic E-state index is 12.5. The molecule has 0 atom stereocenters. The lowest BCUT2D eigenvalue weighted by molar-refractivity contribution is 0.543. The Morgan fingerprint density at radius 2 is 2.00 bits per heavy atom. The lowest BCUT2D eigenvalue weighted by atomic mass is 10.1. The highest BCUT2D eigenvalue weighted by molar-refractivity contribution is 5.84. The number of aromatic nitrogens is 6. The first-order chi connectivity index (χ1) is 12.6. The predicted molar refractivity (Wildman–Crippen MR) is 95.8 cm³/mol. The molecule has 5 rings (SSSR count). The summed E-state index contributed by atoms with van der Waals surface area (Å²) in [6.45, 7) is 1.82. The van der Waals surface area contributed by atoms with Crippen LogP contribution < -0.4 is 5.56 Å². The fourth-order valence-corrected chi connectivity index (χ4v) is 3.11. The van der Waals surface area contributed by atoms with E-state index < -0.39 is 0 Å². The Hall–Kier alpha value is -3.68. The Bertz CT molecular complexity index is 1340. The zero-order chi connectivity index (χ0) is 17.8. The van der Waals surface area contributed by atoms with Gasteiger partial charge in [-0.2, -0.15) is 14.7 Å². The number of oxazole rings is 1. The number of rotatable bonds is 2. The molecule has 5 aromatic rings. The van der Waals surface area contributed by atoms with Crippen LogP contribution in [-0.4, -0.2) is 29.4 Å². The van der Waals surface area contributed by atoms with Gasteiger partial charge in [0.1, 0.15) is 11.3 Å². The molecule has 0 aliphatic rings. The van der Waals surface area contributed by atoms with E-state index in [1.165, 1.54) is 10.6 Å². The molecular weight excluding hydrogens is 332 g/mol. The highest BCUT2D eigenvalue weighted by Crippen LogP contribution is 2.26. The Morgan fingerprint density at radius 3 is 2.81 bits per heavy atom. The van der Waals surface area contributed by atoms with Crippen molar-refractivity contribution in [1.82, 2.24) is 29.4 Å². The molecule has 0 aliphatic carbocycles. The normalized spacial score (nSPS) is 11.6. The van der Waals surface area contributed by atoms with Crippen molar-refractivity contribution < 1.29 is 4.42 Å². The van der Waals surface area contributed by atoms with Crippen molar-refractivity contribution in [3.8, 4) is 22.7 Å². The van der Waals surface area contributed by atoms with Crippen molar-refractivity contribution in [2.45, 2.75) is 6.92 Å². The smallest absolute Gasteiger partial charge is 0.274 e. The number of benzene rings is 1. The van der Waals surface area contributed by atoms with E-state index in [1.54, 1.807) is 18.6 Å². The van der Waals surface area contributed by atoms with Crippen LogP contribution in [0.1, 0.15) is 5.76 Å². The minimum absolute atomic E-state index is 0.227. The minimum atomic E-state index is -0.227. The lowest BCUT2D eigenvalue weighted by Gasteiger charge is -2.04. The van der Waals surface area contributed by atoms with Crippen molar-refractivity contribution in [3.63, 3.8) is 0 Å². The monoisotopic (exact) mass is 346 g/mol. The van der Waals surface area contributed by atoms with Gasteiger partial charge in [0, 0.05) is 18.5 Å². The van der Waals surface area contributed by atoms with E-state index in [0.29, 0.717) is 28.6 Å². The van der Waals surface area contributed by atoms with E-state index >= 15 is 0 Å². The summed E-state index contributed by atoms with van der Waals surface area (Å²) in [5.41, 5.74) is 3.56. The highest BCUT2D eigenvalue weighted by Gasteiger charge is 2.15. The van der Waals surface area contributed by atoms with Gasteiger partial charge in [-0.15, -0.1) is 0 Å². The quantitative estimate of drug-likeness (QED) is 0.530. The van der Waals surface area contributed by atoms with Crippen LogP contribution in [0.15, 0.2) is 52.1 Å². The Labute approximate surface area is 146 Å². The molecule has 0 unspecified atom stereocenters. The molecule has 0 aliphatic heterocycles. The molecule has 8 heteroatoms. The van der Waals surface area contributed by atoms with Crippen molar-refractivity contribution >= 4 is 16.6 Å². The van der Waals surface area contributed by atoms with Gasteiger partial charge in [0.25, 0.3) is 5.56 Å². The largest absolute Gasteiger partial charge is 0.441 e. The molecular formula is C18H14N6O2. The van der Waals surface area contributed by atoms with E-state index in [-0.39, 0.29) is 5.56 Å². The molecule has 128 valence electrons. The van der Waals surface area contributed by atoms with E-state index in [1.807, 2.05) is 36.9 Å². The maximum Gasteiger partial charge on any atom is 0.274 e. The molecule has 1 aromatic carbocycles. The number of fused-ring (bicyclic) bond motifs is 2. The fraction of sp³-hybridized carbons (Fsp3) is 0.111. The molecule has 0 fully saturated rings. The molecule has 0 radical (unpaired) electrons. The van der Waals surface area contributed by atoms with Crippen LogP contribution in [0.4, 0.5) is 0 Å². The summed E-state index contributed by atoms with van der Waals surface area (Å²) in [5, 5.41) is 9.41. The summed E-state index contributed by atoms with van der Waals surface area (Å²) in [7, 11) is 1.90. The molecule has 4 heterocycles. The van der Waals surface area contributed by atoms with Crippen LogP contribution in [0.2, 0.25) is 0 Å². The van der Waals surface area contributed by atoms with Crippen LogP contribution in [0, 0.1) is 6.92 Å². The lowest BCUT2D eigenvalue weighted by Crippen LogP contribution is -2.14. The molecule has 26 heavy (non-hydrogen) atoms. The number of aryl methyl sites for hydroxylation is 2. The summed E-state index contributed by atoms with van der Waals surface area (Å²) < 4.78 is 8.70. The standard InChI is InChI=1S/C18H14N6O2/c1-10-7-19-18(26-10)13-9-21-24-16(25)6-14(22-17(13)24)11-3-4-15-12(5-11)8-20-23(15)2/h3-9,22H,1-2H3. The van der Waals surface area contributed by atoms with E-state index in [0.717, 1.165) is 16.5 Å². The topological polar surface area (TPSA) is 94.0 Å². The van der Waals surface area contributed by atoms with E-state index in [9.17, 15) is 4.79 Å². The number of nitrogens with one attached hydrogen (secondary N) is 1. The summed E-state index contributed by atoms with van der Waals surface area (Å²) in [6.07, 6.45) is 5.01. The van der Waals surface area contributed by atoms with Crippen molar-refractivity contribution in [1.29, 1.82) is 0 Å². The second-order valence-electron chi connectivity index (χ2n) is 6.16. The summed E-state index contributed by atoms with van der Waals surface area (Å²) >= 11 is 0. The summed E-state index contributed by atoms with van der Waals surface area (Å²) in [4.78, 5) is 20.0. The average molecular weight is 346 g/mol. The van der Waals surface area contributed by atoms with Gasteiger partial charge in [-0.1, -0.05) is 6.07 Å². The molecule has 8 nitrogen and oxygen atoms in total. The van der Waals surface area contributed by atoms with Crippen LogP contribution in [-0.2, 0) is 7.05 Å². The number of H-pyrrole nitrogens is 1. The number of aromatic amines is 1. The second kappa shape index (κ2) is 5.16. The maximum absolute atomic E-state index is 12.5. The average Bonchev–Trinajstić information content (AvgIpc) is 3.33. The highest BCUT2D eigenvalue weighted by atomic mass is 16.4. The van der Waals surface area contributed by atoms with Gasteiger partial charge in [-0.25, -0.2) is 4.98 Å². The van der Waals surface area contributed by atoms with Crippen molar-refractivity contribution in [2.75, 3.05) is 0 Å². The third-order valence-electron chi connectivity index (χ3n) is 4.41. The fourth-order valence-electron chi connectivity index (χ4n) is 3.11. The SMILES string of the molecule is Cc1cnc(-c2cnn3c(=O)cc(-c4ccc5c(cnn5C)c4)[nH]c23)o1. The van der Waals surface area contributed by atoms with Gasteiger partial charge < -0.3 is 9.40 Å². The van der Waals surface area contributed by atoms with Gasteiger partial charge >= 0.3 is 0 Å². The van der Waals surface area contributed by atoms with Gasteiger partial charge in [0.2, 0.25) is 5.89 Å². The van der Waals surface area contributed by atoms with E-state index in [4.69, 9.17) is 4.42 Å². The predicted octanol–water partition coefficient (Wildman–Crippen LogP) is 2.54.